The molecule has 0 aliphatic heterocycles. The number of carbonyl (C=O) groups is 1. The molecule has 6 heteroatoms. The topological polar surface area (TPSA) is 60.5 Å². The van der Waals surface area contributed by atoms with Crippen LogP contribution in [0.4, 0.5) is 9.93 Å². The molecule has 5 nitrogen and oxygen atoms in total. The van der Waals surface area contributed by atoms with Gasteiger partial charge in [-0.3, -0.25) is 5.32 Å². The molecule has 0 aliphatic rings. The summed E-state index contributed by atoms with van der Waals surface area (Å²) in [4.78, 5) is 15.7. The average Bonchev–Trinajstić information content (AvgIpc) is 2.78. The van der Waals surface area contributed by atoms with Gasteiger partial charge in [-0.1, -0.05) is 18.3 Å². The van der Waals surface area contributed by atoms with Crippen LogP contribution in [0, 0.1) is 0 Å². The van der Waals surface area contributed by atoms with E-state index in [1.54, 1.807) is 0 Å². The molecule has 0 unspecified atom stereocenters. The molecule has 1 amide bonds. The molecule has 0 bridgehead atoms. The quantitative estimate of drug-likeness (QED) is 0.908. The number of fused-ring (bicyclic) bond motifs is 1. The predicted octanol–water partition coefficient (Wildman–Crippen LogP) is 3.65. The third-order valence-electron chi connectivity index (χ3n) is 2.32. The summed E-state index contributed by atoms with van der Waals surface area (Å²) in [5.74, 6) is 0.804. The minimum absolute atomic E-state index is 0.408. The molecule has 0 saturated carbocycles. The summed E-state index contributed by atoms with van der Waals surface area (Å²) in [6.07, 6.45) is 0.330. The maximum Gasteiger partial charge on any atom is 0.413 e. The van der Waals surface area contributed by atoms with Crippen LogP contribution in [0.3, 0.4) is 0 Å². The lowest BCUT2D eigenvalue weighted by atomic mass is 10.3. The van der Waals surface area contributed by atoms with E-state index in [9.17, 15) is 4.79 Å². The summed E-state index contributed by atoms with van der Waals surface area (Å²) < 4.78 is 11.3. The Morgan fingerprint density at radius 2 is 2.26 bits per heavy atom. The highest BCUT2D eigenvalue weighted by Crippen LogP contribution is 2.29. The first-order chi connectivity index (χ1) is 9.22. The van der Waals surface area contributed by atoms with E-state index in [0.29, 0.717) is 18.3 Å². The fraction of sp³-hybridized carbons (Fsp3) is 0.385. The van der Waals surface area contributed by atoms with Crippen LogP contribution >= 0.6 is 11.3 Å². The van der Waals surface area contributed by atoms with Crippen molar-refractivity contribution in [3.63, 3.8) is 0 Å². The number of hydrogen-bond acceptors (Lipinski definition) is 5. The number of thiazole rings is 1. The second-order valence-corrected chi connectivity index (χ2v) is 4.87. The molecule has 2 aromatic rings. The molecular weight excluding hydrogens is 264 g/mol. The van der Waals surface area contributed by atoms with Gasteiger partial charge >= 0.3 is 6.09 Å². The number of nitrogens with one attached hydrogen (secondary N) is 1. The minimum Gasteiger partial charge on any atom is -0.494 e. The number of carbonyl (C=O) groups excluding carboxylic acids is 1. The fourth-order valence-corrected chi connectivity index (χ4v) is 2.41. The largest absolute Gasteiger partial charge is 0.494 e. The summed E-state index contributed by atoms with van der Waals surface area (Å²) in [5.41, 5.74) is 0.833. The first-order valence-electron chi connectivity index (χ1n) is 6.20. The Morgan fingerprint density at radius 1 is 1.42 bits per heavy atom. The van der Waals surface area contributed by atoms with Gasteiger partial charge in [0, 0.05) is 0 Å². The van der Waals surface area contributed by atoms with E-state index in [2.05, 4.69) is 10.3 Å². The van der Waals surface area contributed by atoms with Crippen LogP contribution in [-0.2, 0) is 4.74 Å². The van der Waals surface area contributed by atoms with E-state index >= 15 is 0 Å². The lowest BCUT2D eigenvalue weighted by Gasteiger charge is -2.01. The molecule has 0 atom stereocenters. The van der Waals surface area contributed by atoms with E-state index in [1.165, 1.54) is 11.3 Å². The van der Waals surface area contributed by atoms with Crippen LogP contribution in [-0.4, -0.2) is 24.3 Å². The van der Waals surface area contributed by atoms with Gasteiger partial charge in [0.1, 0.15) is 5.75 Å². The van der Waals surface area contributed by atoms with E-state index in [0.717, 1.165) is 22.4 Å². The number of nitrogens with zero attached hydrogens (tertiary/aromatic N) is 1. The highest BCUT2D eigenvalue weighted by atomic mass is 32.1. The standard InChI is InChI=1S/C13H16N2O3S/c1-3-7-18-13(16)15-12-14-10-6-5-9(17-4-2)8-11(10)19-12/h5-6,8H,3-4,7H2,1-2H3,(H,14,15,16). The number of rotatable bonds is 5. The second kappa shape index (κ2) is 6.38. The summed E-state index contributed by atoms with van der Waals surface area (Å²) in [6, 6.07) is 5.66. The Balaban J connectivity index is 2.10. The molecular formula is C13H16N2O3S. The maximum atomic E-state index is 11.4. The van der Waals surface area contributed by atoms with Crippen molar-refractivity contribution in [2.45, 2.75) is 20.3 Å². The normalized spacial score (nSPS) is 10.4. The minimum atomic E-state index is -0.467. The van der Waals surface area contributed by atoms with Gasteiger partial charge in [-0.05, 0) is 31.5 Å². The van der Waals surface area contributed by atoms with Crippen LogP contribution < -0.4 is 10.1 Å². The van der Waals surface area contributed by atoms with Gasteiger partial charge < -0.3 is 9.47 Å². The zero-order valence-electron chi connectivity index (χ0n) is 10.9. The van der Waals surface area contributed by atoms with Crippen LogP contribution in [0.1, 0.15) is 20.3 Å². The number of anilines is 1. The second-order valence-electron chi connectivity index (χ2n) is 3.84. The van der Waals surface area contributed by atoms with Crippen molar-refractivity contribution in [2.24, 2.45) is 0 Å². The smallest absolute Gasteiger partial charge is 0.413 e. The first kappa shape index (κ1) is 13.6. The van der Waals surface area contributed by atoms with Crippen molar-refractivity contribution in [1.29, 1.82) is 0 Å². The van der Waals surface area contributed by atoms with Gasteiger partial charge in [0.25, 0.3) is 0 Å². The van der Waals surface area contributed by atoms with Crippen molar-refractivity contribution in [2.75, 3.05) is 18.5 Å². The van der Waals surface area contributed by atoms with Crippen molar-refractivity contribution >= 4 is 32.8 Å². The molecule has 0 spiro atoms. The molecule has 0 fully saturated rings. The summed E-state index contributed by atoms with van der Waals surface area (Å²) >= 11 is 1.40. The zero-order chi connectivity index (χ0) is 13.7. The van der Waals surface area contributed by atoms with Crippen molar-refractivity contribution in [3.8, 4) is 5.75 Å². The van der Waals surface area contributed by atoms with Crippen molar-refractivity contribution in [1.82, 2.24) is 4.98 Å². The van der Waals surface area contributed by atoms with Crippen LogP contribution in [0.5, 0.6) is 5.75 Å². The van der Waals surface area contributed by atoms with Gasteiger partial charge in [-0.2, -0.15) is 0 Å². The molecule has 19 heavy (non-hydrogen) atoms. The number of hydrogen-bond donors (Lipinski definition) is 1. The molecule has 1 N–H and O–H groups in total. The van der Waals surface area contributed by atoms with Gasteiger partial charge in [0.2, 0.25) is 0 Å². The van der Waals surface area contributed by atoms with Gasteiger partial charge in [-0.15, -0.1) is 0 Å². The third-order valence-corrected chi connectivity index (χ3v) is 3.25. The molecule has 1 heterocycles. The molecule has 0 saturated heterocycles. The van der Waals surface area contributed by atoms with E-state index in [-0.39, 0.29) is 0 Å². The van der Waals surface area contributed by atoms with Crippen LogP contribution in [0.2, 0.25) is 0 Å². The maximum absolute atomic E-state index is 11.4. The monoisotopic (exact) mass is 280 g/mol. The van der Waals surface area contributed by atoms with Crippen LogP contribution in [0.15, 0.2) is 18.2 Å². The van der Waals surface area contributed by atoms with E-state index in [4.69, 9.17) is 9.47 Å². The molecule has 1 aromatic carbocycles. The highest BCUT2D eigenvalue weighted by molar-refractivity contribution is 7.22. The number of aromatic nitrogens is 1. The Labute approximate surface area is 115 Å². The summed E-state index contributed by atoms with van der Waals surface area (Å²) in [6.45, 7) is 4.91. The molecule has 0 radical (unpaired) electrons. The predicted molar refractivity (Wildman–Crippen MR) is 76.1 cm³/mol. The molecule has 102 valence electrons. The number of ether oxygens (including phenoxy) is 2. The third kappa shape index (κ3) is 3.57. The Hall–Kier alpha value is -1.82. The van der Waals surface area contributed by atoms with E-state index in [1.807, 2.05) is 32.0 Å². The Kier molecular flexibility index (Phi) is 4.57. The Bertz CT molecular complexity index is 568. The van der Waals surface area contributed by atoms with Gasteiger partial charge in [0.05, 0.1) is 23.4 Å². The lowest BCUT2D eigenvalue weighted by Crippen LogP contribution is -2.13. The van der Waals surface area contributed by atoms with Crippen LogP contribution in [0.25, 0.3) is 10.2 Å². The average molecular weight is 280 g/mol. The first-order valence-corrected chi connectivity index (χ1v) is 7.01. The SMILES string of the molecule is CCCOC(=O)Nc1nc2ccc(OCC)cc2s1. The molecule has 0 aliphatic carbocycles. The molecule has 1 aromatic heterocycles. The number of benzene rings is 1. The van der Waals surface area contributed by atoms with E-state index < -0.39 is 6.09 Å². The van der Waals surface area contributed by atoms with Crippen molar-refractivity contribution in [3.05, 3.63) is 18.2 Å². The zero-order valence-corrected chi connectivity index (χ0v) is 11.8. The summed E-state index contributed by atoms with van der Waals surface area (Å²) in [5, 5.41) is 3.16. The molecule has 2 rings (SSSR count). The van der Waals surface area contributed by atoms with Crippen molar-refractivity contribution < 1.29 is 14.3 Å². The lowest BCUT2D eigenvalue weighted by molar-refractivity contribution is 0.161. The van der Waals surface area contributed by atoms with Gasteiger partial charge in [-0.25, -0.2) is 9.78 Å². The van der Waals surface area contributed by atoms with Gasteiger partial charge in [0.15, 0.2) is 5.13 Å². The Morgan fingerprint density at radius 3 is 3.00 bits per heavy atom. The highest BCUT2D eigenvalue weighted by Gasteiger charge is 2.09. The number of amides is 1. The fourth-order valence-electron chi connectivity index (χ4n) is 1.53. The summed E-state index contributed by atoms with van der Waals surface area (Å²) in [7, 11) is 0.